The van der Waals surface area contributed by atoms with Crippen LogP contribution in [0.3, 0.4) is 0 Å². The number of nitrogens with one attached hydrogen (secondary N) is 3. The fraction of sp³-hybridized carbons (Fsp3) is 0.368. The lowest BCUT2D eigenvalue weighted by atomic mass is 10.2. The van der Waals surface area contributed by atoms with Gasteiger partial charge in [0.15, 0.2) is 0 Å². The third kappa shape index (κ3) is 7.57. The molecule has 1 aromatic carbocycles. The molecule has 0 radical (unpaired) electrons. The molecule has 1 fully saturated rings. The van der Waals surface area contributed by atoms with Gasteiger partial charge < -0.3 is 19.8 Å². The first-order valence-corrected chi connectivity index (χ1v) is 10.1. The SMILES string of the molecule is Cl.NNC(=O)c1coc(CNC(=O)NC[C@H]2CN(Cc3ccc(Cl)c(Cl)c3)CCO2)c1. The molecule has 1 aliphatic rings. The molecular formula is C19H24Cl3N5O4. The van der Waals surface area contributed by atoms with Crippen LogP contribution in [0.1, 0.15) is 21.7 Å². The van der Waals surface area contributed by atoms with Crippen molar-refractivity contribution in [1.82, 2.24) is 21.0 Å². The zero-order chi connectivity index (χ0) is 21.5. The Morgan fingerprint density at radius 3 is 2.74 bits per heavy atom. The van der Waals surface area contributed by atoms with Crippen molar-refractivity contribution in [2.45, 2.75) is 19.2 Å². The first-order valence-electron chi connectivity index (χ1n) is 9.32. The van der Waals surface area contributed by atoms with Crippen LogP contribution >= 0.6 is 35.6 Å². The van der Waals surface area contributed by atoms with Gasteiger partial charge in [-0.3, -0.25) is 15.1 Å². The van der Waals surface area contributed by atoms with Crippen molar-refractivity contribution in [3.05, 3.63) is 57.5 Å². The minimum absolute atomic E-state index is 0. The highest BCUT2D eigenvalue weighted by molar-refractivity contribution is 6.42. The minimum Gasteiger partial charge on any atom is -0.467 e. The summed E-state index contributed by atoms with van der Waals surface area (Å²) in [4.78, 5) is 25.7. The van der Waals surface area contributed by atoms with E-state index in [4.69, 9.17) is 38.2 Å². The second kappa shape index (κ2) is 12.1. The van der Waals surface area contributed by atoms with Gasteiger partial charge in [0.25, 0.3) is 5.91 Å². The highest BCUT2D eigenvalue weighted by atomic mass is 35.5. The summed E-state index contributed by atoms with van der Waals surface area (Å²) in [5.41, 5.74) is 3.36. The van der Waals surface area contributed by atoms with Crippen LogP contribution in [-0.4, -0.2) is 49.2 Å². The number of nitrogen functional groups attached to an aromatic ring is 1. The monoisotopic (exact) mass is 491 g/mol. The largest absolute Gasteiger partial charge is 0.467 e. The van der Waals surface area contributed by atoms with Crippen molar-refractivity contribution in [3.8, 4) is 0 Å². The van der Waals surface area contributed by atoms with Crippen molar-refractivity contribution >= 4 is 47.5 Å². The van der Waals surface area contributed by atoms with Crippen molar-refractivity contribution < 1.29 is 18.7 Å². The number of morpholine rings is 1. The number of carbonyl (C=O) groups excluding carboxylic acids is 2. The third-order valence-corrected chi connectivity index (χ3v) is 5.31. The Labute approximate surface area is 195 Å². The van der Waals surface area contributed by atoms with E-state index >= 15 is 0 Å². The van der Waals surface area contributed by atoms with Crippen LogP contribution in [0.4, 0.5) is 4.79 Å². The highest BCUT2D eigenvalue weighted by Crippen LogP contribution is 2.23. The Morgan fingerprint density at radius 1 is 1.19 bits per heavy atom. The molecule has 3 rings (SSSR count). The van der Waals surface area contributed by atoms with Gasteiger partial charge in [-0.1, -0.05) is 29.3 Å². The van der Waals surface area contributed by atoms with E-state index in [9.17, 15) is 9.59 Å². The van der Waals surface area contributed by atoms with Gasteiger partial charge in [0, 0.05) is 26.2 Å². The topological polar surface area (TPSA) is 122 Å². The molecular weight excluding hydrogens is 469 g/mol. The molecule has 31 heavy (non-hydrogen) atoms. The van der Waals surface area contributed by atoms with Crippen LogP contribution in [0.25, 0.3) is 0 Å². The van der Waals surface area contributed by atoms with Crippen LogP contribution in [-0.2, 0) is 17.8 Å². The number of rotatable bonds is 7. The van der Waals surface area contributed by atoms with E-state index in [1.807, 2.05) is 17.6 Å². The van der Waals surface area contributed by atoms with Crippen molar-refractivity contribution in [2.75, 3.05) is 26.2 Å². The summed E-state index contributed by atoms with van der Waals surface area (Å²) in [6, 6.07) is 6.74. The predicted molar refractivity (Wildman–Crippen MR) is 119 cm³/mol. The van der Waals surface area contributed by atoms with Gasteiger partial charge in [-0.25, -0.2) is 10.6 Å². The molecule has 1 aromatic heterocycles. The molecule has 12 heteroatoms. The summed E-state index contributed by atoms with van der Waals surface area (Å²) in [7, 11) is 0. The number of urea groups is 1. The smallest absolute Gasteiger partial charge is 0.315 e. The summed E-state index contributed by atoms with van der Waals surface area (Å²) >= 11 is 12.0. The number of nitrogens with two attached hydrogens (primary N) is 1. The summed E-state index contributed by atoms with van der Waals surface area (Å²) in [6.07, 6.45) is 1.14. The predicted octanol–water partition coefficient (Wildman–Crippen LogP) is 2.31. The highest BCUT2D eigenvalue weighted by Gasteiger charge is 2.21. The summed E-state index contributed by atoms with van der Waals surface area (Å²) in [5.74, 6) is 5.04. The number of hydrogen-bond acceptors (Lipinski definition) is 6. The lowest BCUT2D eigenvalue weighted by Gasteiger charge is -2.33. The number of halogens is 3. The van der Waals surface area contributed by atoms with Crippen LogP contribution in [0.15, 0.2) is 34.9 Å². The number of nitrogens with zero attached hydrogens (tertiary/aromatic N) is 1. The Morgan fingerprint density at radius 2 is 2.00 bits per heavy atom. The molecule has 2 aromatic rings. The van der Waals surface area contributed by atoms with Gasteiger partial charge >= 0.3 is 6.03 Å². The lowest BCUT2D eigenvalue weighted by molar-refractivity contribution is -0.0287. The summed E-state index contributed by atoms with van der Waals surface area (Å²) in [5, 5.41) is 6.51. The molecule has 1 atom stereocenters. The molecule has 0 unspecified atom stereocenters. The standard InChI is InChI=1S/C19H23Cl2N5O4.ClH/c20-16-2-1-12(5-17(16)21)9-26-3-4-29-15(10-26)8-24-19(28)23-7-14-6-13(11-30-14)18(27)25-22;/h1-2,5-6,11,15H,3-4,7-10,22H2,(H,25,27)(H2,23,24,28);1H/t15-;/m0./s1. The first kappa shape index (κ1) is 25.3. The number of furan rings is 1. The van der Waals surface area contributed by atoms with Gasteiger partial charge in [-0.15, -0.1) is 12.4 Å². The molecule has 9 nitrogen and oxygen atoms in total. The molecule has 0 saturated carbocycles. The fourth-order valence-electron chi connectivity index (χ4n) is 3.06. The first-order chi connectivity index (χ1) is 14.4. The van der Waals surface area contributed by atoms with E-state index in [1.165, 1.54) is 12.3 Å². The number of amides is 3. The average Bonchev–Trinajstić information content (AvgIpc) is 3.22. The molecule has 2 heterocycles. The Kier molecular flexibility index (Phi) is 9.89. The number of hydrogen-bond donors (Lipinski definition) is 4. The molecule has 3 amide bonds. The maximum atomic E-state index is 12.0. The molecule has 0 aliphatic carbocycles. The van der Waals surface area contributed by atoms with E-state index in [-0.39, 0.29) is 36.7 Å². The van der Waals surface area contributed by atoms with Crippen LogP contribution in [0, 0.1) is 0 Å². The van der Waals surface area contributed by atoms with E-state index < -0.39 is 5.91 Å². The van der Waals surface area contributed by atoms with Crippen molar-refractivity contribution in [3.63, 3.8) is 0 Å². The van der Waals surface area contributed by atoms with Crippen molar-refractivity contribution in [1.29, 1.82) is 0 Å². The van der Waals surface area contributed by atoms with Crippen LogP contribution in [0.2, 0.25) is 10.0 Å². The van der Waals surface area contributed by atoms with Crippen molar-refractivity contribution in [2.24, 2.45) is 5.84 Å². The molecule has 1 aliphatic heterocycles. The van der Waals surface area contributed by atoms with Gasteiger partial charge in [0.2, 0.25) is 0 Å². The van der Waals surface area contributed by atoms with E-state index in [2.05, 4.69) is 15.5 Å². The number of benzene rings is 1. The maximum absolute atomic E-state index is 12.0. The average molecular weight is 493 g/mol. The van der Waals surface area contributed by atoms with Crippen LogP contribution < -0.4 is 21.9 Å². The third-order valence-electron chi connectivity index (χ3n) is 4.57. The number of ether oxygens (including phenoxy) is 1. The zero-order valence-electron chi connectivity index (χ0n) is 16.5. The van der Waals surface area contributed by atoms with E-state index in [1.54, 1.807) is 6.07 Å². The van der Waals surface area contributed by atoms with Gasteiger partial charge in [-0.2, -0.15) is 0 Å². The minimum atomic E-state index is -0.464. The molecule has 0 spiro atoms. The lowest BCUT2D eigenvalue weighted by Crippen LogP contribution is -2.48. The van der Waals surface area contributed by atoms with Crippen LogP contribution in [0.5, 0.6) is 0 Å². The second-order valence-corrected chi connectivity index (χ2v) is 7.63. The Bertz CT molecular complexity index is 895. The Hall–Kier alpha value is -2.01. The summed E-state index contributed by atoms with van der Waals surface area (Å²) < 4.78 is 10.9. The van der Waals surface area contributed by atoms with Gasteiger partial charge in [0.05, 0.1) is 34.9 Å². The van der Waals surface area contributed by atoms with Gasteiger partial charge in [-0.05, 0) is 23.8 Å². The Balaban J connectivity index is 0.00000341. The summed E-state index contributed by atoms with van der Waals surface area (Å²) in [6.45, 7) is 3.27. The zero-order valence-corrected chi connectivity index (χ0v) is 18.9. The molecule has 5 N–H and O–H groups in total. The molecule has 0 bridgehead atoms. The second-order valence-electron chi connectivity index (χ2n) is 6.82. The van der Waals surface area contributed by atoms with Gasteiger partial charge in [0.1, 0.15) is 12.0 Å². The molecule has 1 saturated heterocycles. The number of hydrazine groups is 1. The van der Waals surface area contributed by atoms with E-state index in [0.717, 1.165) is 18.7 Å². The quantitative estimate of drug-likeness (QED) is 0.267. The molecule has 170 valence electrons. The fourth-order valence-corrected chi connectivity index (χ4v) is 3.38. The van der Waals surface area contributed by atoms with E-state index in [0.29, 0.717) is 35.5 Å². The normalized spacial score (nSPS) is 16.3. The maximum Gasteiger partial charge on any atom is 0.315 e. The number of carbonyl (C=O) groups is 2.